The van der Waals surface area contributed by atoms with Crippen LogP contribution in [0.4, 0.5) is 5.69 Å². The fraction of sp³-hybridized carbons (Fsp3) is 0.200. The number of nitrogens with zero attached hydrogens (tertiary/aromatic N) is 3. The van der Waals surface area contributed by atoms with Gasteiger partial charge >= 0.3 is 0 Å². The smallest absolute Gasteiger partial charge is 0.195 e. The maximum atomic E-state index is 4.24. The maximum Gasteiger partial charge on any atom is 0.195 e. The van der Waals surface area contributed by atoms with Gasteiger partial charge in [0, 0.05) is 23.7 Å². The second-order valence-electron chi connectivity index (χ2n) is 4.59. The summed E-state index contributed by atoms with van der Waals surface area (Å²) in [5.41, 5.74) is 2.03. The number of para-hydroxylation sites is 1. The molecule has 0 saturated heterocycles. The van der Waals surface area contributed by atoms with Crippen LogP contribution in [0.5, 0.6) is 0 Å². The minimum atomic E-state index is 0.405. The van der Waals surface area contributed by atoms with Gasteiger partial charge in [-0.3, -0.25) is 4.40 Å². The van der Waals surface area contributed by atoms with E-state index in [9.17, 15) is 0 Å². The van der Waals surface area contributed by atoms with Crippen molar-refractivity contribution in [1.82, 2.24) is 14.6 Å². The molecule has 0 saturated carbocycles. The molecule has 0 aliphatic carbocycles. The van der Waals surface area contributed by atoms with Crippen LogP contribution < -0.4 is 5.32 Å². The molecule has 1 aromatic carbocycles. The average Bonchev–Trinajstić information content (AvgIpc) is 2.90. The van der Waals surface area contributed by atoms with Gasteiger partial charge in [-0.2, -0.15) is 0 Å². The Labute approximate surface area is 122 Å². The van der Waals surface area contributed by atoms with E-state index in [1.54, 1.807) is 11.8 Å². The third kappa shape index (κ3) is 2.93. The van der Waals surface area contributed by atoms with E-state index in [2.05, 4.69) is 34.6 Å². The summed E-state index contributed by atoms with van der Waals surface area (Å²) in [7, 11) is 0. The van der Waals surface area contributed by atoms with Gasteiger partial charge < -0.3 is 5.32 Å². The Balaban J connectivity index is 1.63. The van der Waals surface area contributed by atoms with Crippen LogP contribution in [-0.2, 0) is 0 Å². The van der Waals surface area contributed by atoms with Gasteiger partial charge in [0.2, 0.25) is 0 Å². The Morgan fingerprint density at radius 2 is 1.90 bits per heavy atom. The number of benzene rings is 1. The third-order valence-electron chi connectivity index (χ3n) is 2.96. The second kappa shape index (κ2) is 5.96. The van der Waals surface area contributed by atoms with Gasteiger partial charge in [-0.05, 0) is 24.3 Å². The lowest BCUT2D eigenvalue weighted by Crippen LogP contribution is -2.13. The van der Waals surface area contributed by atoms with Crippen LogP contribution in [0.3, 0.4) is 0 Å². The zero-order valence-electron chi connectivity index (χ0n) is 11.2. The molecule has 0 fully saturated rings. The highest BCUT2D eigenvalue weighted by atomic mass is 32.2. The molecule has 102 valence electrons. The molecule has 3 aromatic rings. The number of hydrogen-bond donors (Lipinski definition) is 1. The molecular formula is C15H16N4S. The Morgan fingerprint density at radius 3 is 2.75 bits per heavy atom. The van der Waals surface area contributed by atoms with Gasteiger partial charge in [0.1, 0.15) is 0 Å². The zero-order valence-corrected chi connectivity index (χ0v) is 12.0. The van der Waals surface area contributed by atoms with Crippen molar-refractivity contribution in [1.29, 1.82) is 0 Å². The number of nitrogens with one attached hydrogen (secondary N) is 1. The number of aromatic nitrogens is 3. The molecule has 1 N–H and O–H groups in total. The normalized spacial score (nSPS) is 12.4. The topological polar surface area (TPSA) is 42.2 Å². The van der Waals surface area contributed by atoms with Gasteiger partial charge in [-0.15, -0.1) is 10.2 Å². The van der Waals surface area contributed by atoms with Crippen LogP contribution in [0, 0.1) is 0 Å². The number of rotatable bonds is 5. The quantitative estimate of drug-likeness (QED) is 0.730. The monoisotopic (exact) mass is 284 g/mol. The van der Waals surface area contributed by atoms with E-state index < -0.39 is 0 Å². The first-order chi connectivity index (χ1) is 9.83. The molecule has 3 rings (SSSR count). The van der Waals surface area contributed by atoms with Gasteiger partial charge in [0.25, 0.3) is 0 Å². The summed E-state index contributed by atoms with van der Waals surface area (Å²) in [6.45, 7) is 3.07. The van der Waals surface area contributed by atoms with Crippen molar-refractivity contribution < 1.29 is 0 Å². The van der Waals surface area contributed by atoms with Crippen LogP contribution >= 0.6 is 11.8 Å². The average molecular weight is 284 g/mol. The number of pyridine rings is 1. The van der Waals surface area contributed by atoms with E-state index in [0.717, 1.165) is 23.0 Å². The maximum absolute atomic E-state index is 4.24. The van der Waals surface area contributed by atoms with Gasteiger partial charge in [0.15, 0.2) is 10.8 Å². The van der Waals surface area contributed by atoms with Gasteiger partial charge in [0.05, 0.1) is 0 Å². The van der Waals surface area contributed by atoms with Crippen LogP contribution in [0.15, 0.2) is 59.9 Å². The van der Waals surface area contributed by atoms with Crippen LogP contribution in [-0.4, -0.2) is 26.4 Å². The minimum Gasteiger partial charge on any atom is -0.384 e. The standard InChI is InChI=1S/C15H16N4S/c1-12(11-16-13-7-3-2-4-8-13)20-15-18-17-14-9-5-6-10-19(14)15/h2-10,12,16H,11H2,1H3. The molecule has 1 atom stereocenters. The van der Waals surface area contributed by atoms with Crippen molar-refractivity contribution in [2.75, 3.05) is 11.9 Å². The molecule has 0 bridgehead atoms. The lowest BCUT2D eigenvalue weighted by Gasteiger charge is -2.12. The van der Waals surface area contributed by atoms with E-state index in [4.69, 9.17) is 0 Å². The van der Waals surface area contributed by atoms with Crippen molar-refractivity contribution in [3.05, 3.63) is 54.7 Å². The lowest BCUT2D eigenvalue weighted by molar-refractivity contribution is 0.903. The summed E-state index contributed by atoms with van der Waals surface area (Å²) in [5.74, 6) is 0. The molecule has 20 heavy (non-hydrogen) atoms. The van der Waals surface area contributed by atoms with Crippen LogP contribution in [0.1, 0.15) is 6.92 Å². The molecule has 5 heteroatoms. The van der Waals surface area contributed by atoms with Crippen molar-refractivity contribution >= 4 is 23.1 Å². The van der Waals surface area contributed by atoms with E-state index in [1.165, 1.54) is 0 Å². The Bertz CT molecular complexity index is 680. The third-order valence-corrected chi connectivity index (χ3v) is 4.01. The van der Waals surface area contributed by atoms with Crippen molar-refractivity contribution in [3.63, 3.8) is 0 Å². The lowest BCUT2D eigenvalue weighted by atomic mass is 10.3. The highest BCUT2D eigenvalue weighted by Crippen LogP contribution is 2.22. The van der Waals surface area contributed by atoms with E-state index >= 15 is 0 Å². The highest BCUT2D eigenvalue weighted by molar-refractivity contribution is 7.99. The van der Waals surface area contributed by atoms with Crippen molar-refractivity contribution in [2.45, 2.75) is 17.3 Å². The Hall–Kier alpha value is -2.01. The molecule has 0 aliphatic rings. The van der Waals surface area contributed by atoms with E-state index in [1.807, 2.05) is 47.0 Å². The molecule has 0 aliphatic heterocycles. The highest BCUT2D eigenvalue weighted by Gasteiger charge is 2.10. The fourth-order valence-corrected chi connectivity index (χ4v) is 2.82. The molecule has 1 unspecified atom stereocenters. The van der Waals surface area contributed by atoms with Crippen molar-refractivity contribution in [2.24, 2.45) is 0 Å². The fourth-order valence-electron chi connectivity index (χ4n) is 1.94. The summed E-state index contributed by atoms with van der Waals surface area (Å²) in [6, 6.07) is 16.2. The first kappa shape index (κ1) is 13.0. The molecule has 4 nitrogen and oxygen atoms in total. The van der Waals surface area contributed by atoms with Crippen LogP contribution in [0.25, 0.3) is 5.65 Å². The predicted molar refractivity (Wildman–Crippen MR) is 83.2 cm³/mol. The van der Waals surface area contributed by atoms with Gasteiger partial charge in [-0.1, -0.05) is 43.0 Å². The summed E-state index contributed by atoms with van der Waals surface area (Å²) >= 11 is 1.73. The summed E-state index contributed by atoms with van der Waals surface area (Å²) in [4.78, 5) is 0. The summed E-state index contributed by atoms with van der Waals surface area (Å²) < 4.78 is 2.02. The number of fused-ring (bicyclic) bond motifs is 1. The SMILES string of the molecule is CC(CNc1ccccc1)Sc1nnc2ccccn12. The number of hydrogen-bond acceptors (Lipinski definition) is 4. The van der Waals surface area contributed by atoms with Gasteiger partial charge in [-0.25, -0.2) is 0 Å². The molecule has 2 heterocycles. The number of thioether (sulfide) groups is 1. The molecular weight excluding hydrogens is 268 g/mol. The second-order valence-corrected chi connectivity index (χ2v) is 5.99. The number of anilines is 1. The predicted octanol–water partition coefficient (Wildman–Crippen LogP) is 3.32. The van der Waals surface area contributed by atoms with E-state index in [0.29, 0.717) is 5.25 Å². The Morgan fingerprint density at radius 1 is 1.10 bits per heavy atom. The van der Waals surface area contributed by atoms with Crippen LogP contribution in [0.2, 0.25) is 0 Å². The Kier molecular flexibility index (Phi) is 3.87. The minimum absolute atomic E-state index is 0.405. The molecule has 0 amide bonds. The molecule has 0 spiro atoms. The van der Waals surface area contributed by atoms with E-state index in [-0.39, 0.29) is 0 Å². The van der Waals surface area contributed by atoms with Crippen molar-refractivity contribution in [3.8, 4) is 0 Å². The summed E-state index contributed by atoms with van der Waals surface area (Å²) in [6.07, 6.45) is 2.00. The zero-order chi connectivity index (χ0) is 13.8. The first-order valence-electron chi connectivity index (χ1n) is 6.58. The largest absolute Gasteiger partial charge is 0.384 e. The molecule has 0 radical (unpaired) electrons. The summed E-state index contributed by atoms with van der Waals surface area (Å²) in [5, 5.41) is 13.2. The molecule has 2 aromatic heterocycles. The first-order valence-corrected chi connectivity index (χ1v) is 7.46.